The Hall–Kier alpha value is -1.42. The summed E-state index contributed by atoms with van der Waals surface area (Å²) < 4.78 is 5.37. The number of benzene rings is 1. The zero-order valence-corrected chi connectivity index (χ0v) is 11.9. The van der Waals surface area contributed by atoms with Gasteiger partial charge in [0.1, 0.15) is 12.6 Å². The minimum Gasteiger partial charge on any atom is -0.468 e. The molecule has 1 aliphatic heterocycles. The van der Waals surface area contributed by atoms with Gasteiger partial charge in [0.25, 0.3) is 5.17 Å². The van der Waals surface area contributed by atoms with Gasteiger partial charge in [0.05, 0.1) is 0 Å². The maximum atomic E-state index is 11.7. The molecule has 1 aliphatic rings. The number of carbonyl (C=O) groups is 1. The number of hydrogen-bond donors (Lipinski definition) is 0. The number of aryl methyl sites for hydroxylation is 3. The van der Waals surface area contributed by atoms with Crippen molar-refractivity contribution in [1.29, 1.82) is 0 Å². The quantitative estimate of drug-likeness (QED) is 0.730. The highest BCUT2D eigenvalue weighted by Gasteiger charge is 2.35. The monoisotopic (exact) mass is 263 g/mol. The van der Waals surface area contributed by atoms with Crippen LogP contribution in [0.1, 0.15) is 35.2 Å². The SMILES string of the molecule is CC(=O)N1C(=S)OC[C@@H]1c1c(C)cc(C)cc1C. The molecule has 0 saturated carbocycles. The van der Waals surface area contributed by atoms with Gasteiger partial charge >= 0.3 is 0 Å². The molecule has 0 aliphatic carbocycles. The molecule has 0 radical (unpaired) electrons. The van der Waals surface area contributed by atoms with Crippen molar-refractivity contribution in [2.75, 3.05) is 6.61 Å². The number of ether oxygens (including phenoxy) is 1. The molecule has 3 nitrogen and oxygen atoms in total. The third kappa shape index (κ3) is 2.12. The van der Waals surface area contributed by atoms with Gasteiger partial charge in [-0.15, -0.1) is 0 Å². The molecule has 1 aromatic carbocycles. The standard InChI is InChI=1S/C14H17NO2S/c1-8-5-9(2)13(10(3)6-8)12-7-17-14(18)15(12)11(4)16/h5-6,12H,7H2,1-4H3/t12-/m1/s1. The third-order valence-corrected chi connectivity index (χ3v) is 3.60. The average molecular weight is 263 g/mol. The molecule has 4 heteroatoms. The summed E-state index contributed by atoms with van der Waals surface area (Å²) >= 11 is 5.09. The van der Waals surface area contributed by atoms with Crippen LogP contribution in [0.25, 0.3) is 0 Å². The van der Waals surface area contributed by atoms with Crippen LogP contribution < -0.4 is 0 Å². The minimum absolute atomic E-state index is 0.0677. The lowest BCUT2D eigenvalue weighted by atomic mass is 9.94. The summed E-state index contributed by atoms with van der Waals surface area (Å²) in [5.74, 6) is -0.0677. The van der Waals surface area contributed by atoms with Gasteiger partial charge in [-0.25, -0.2) is 0 Å². The molecule has 2 rings (SSSR count). The highest BCUT2D eigenvalue weighted by Crippen LogP contribution is 2.32. The second-order valence-electron chi connectivity index (χ2n) is 4.79. The smallest absolute Gasteiger partial charge is 0.266 e. The Morgan fingerprint density at radius 3 is 2.39 bits per heavy atom. The van der Waals surface area contributed by atoms with E-state index in [0.29, 0.717) is 6.61 Å². The molecule has 1 atom stereocenters. The molecule has 1 saturated heterocycles. The molecule has 96 valence electrons. The lowest BCUT2D eigenvalue weighted by Gasteiger charge is -2.23. The average Bonchev–Trinajstić information content (AvgIpc) is 2.58. The van der Waals surface area contributed by atoms with E-state index >= 15 is 0 Å². The fraction of sp³-hybridized carbons (Fsp3) is 0.429. The number of nitrogens with zero attached hydrogens (tertiary/aromatic N) is 1. The zero-order chi connectivity index (χ0) is 13.4. The van der Waals surface area contributed by atoms with E-state index in [9.17, 15) is 4.79 Å². The molecule has 18 heavy (non-hydrogen) atoms. The Balaban J connectivity index is 2.49. The van der Waals surface area contributed by atoms with E-state index < -0.39 is 0 Å². The largest absolute Gasteiger partial charge is 0.468 e. The van der Waals surface area contributed by atoms with Gasteiger partial charge in [0, 0.05) is 6.92 Å². The number of rotatable bonds is 1. The first-order valence-corrected chi connectivity index (χ1v) is 6.37. The number of amides is 1. The van der Waals surface area contributed by atoms with Crippen molar-refractivity contribution in [3.63, 3.8) is 0 Å². The van der Waals surface area contributed by atoms with Crippen molar-refractivity contribution in [1.82, 2.24) is 4.90 Å². The second-order valence-corrected chi connectivity index (χ2v) is 5.14. The van der Waals surface area contributed by atoms with Crippen molar-refractivity contribution in [2.45, 2.75) is 33.7 Å². The Morgan fingerprint density at radius 1 is 1.33 bits per heavy atom. The van der Waals surface area contributed by atoms with E-state index in [1.807, 2.05) is 0 Å². The summed E-state index contributed by atoms with van der Waals surface area (Å²) in [5, 5.41) is 0.284. The number of carbonyl (C=O) groups excluding carboxylic acids is 1. The lowest BCUT2D eigenvalue weighted by Crippen LogP contribution is -2.32. The Kier molecular flexibility index (Phi) is 3.39. The van der Waals surface area contributed by atoms with Crippen LogP contribution >= 0.6 is 12.2 Å². The molecule has 1 amide bonds. The zero-order valence-electron chi connectivity index (χ0n) is 11.1. The van der Waals surface area contributed by atoms with Gasteiger partial charge in [-0.05, 0) is 49.7 Å². The molecule has 1 fully saturated rings. The third-order valence-electron chi connectivity index (χ3n) is 3.28. The van der Waals surface area contributed by atoms with E-state index in [1.165, 1.54) is 23.6 Å². The van der Waals surface area contributed by atoms with Crippen molar-refractivity contribution in [3.05, 3.63) is 34.4 Å². The Labute approximate surface area is 113 Å². The Bertz CT molecular complexity index is 502. The molecule has 0 bridgehead atoms. The summed E-state index contributed by atoms with van der Waals surface area (Å²) in [6.07, 6.45) is 0. The van der Waals surface area contributed by atoms with Crippen LogP contribution in [0.4, 0.5) is 0 Å². The van der Waals surface area contributed by atoms with Crippen LogP contribution in [-0.4, -0.2) is 22.6 Å². The summed E-state index contributed by atoms with van der Waals surface area (Å²) in [7, 11) is 0. The van der Waals surface area contributed by atoms with Crippen LogP contribution in [-0.2, 0) is 9.53 Å². The van der Waals surface area contributed by atoms with Crippen LogP contribution in [0, 0.1) is 20.8 Å². The topological polar surface area (TPSA) is 29.5 Å². The predicted octanol–water partition coefficient (Wildman–Crippen LogP) is 2.82. The molecular weight excluding hydrogens is 246 g/mol. The van der Waals surface area contributed by atoms with Gasteiger partial charge in [-0.3, -0.25) is 9.69 Å². The highest BCUT2D eigenvalue weighted by molar-refractivity contribution is 7.80. The van der Waals surface area contributed by atoms with Crippen molar-refractivity contribution in [3.8, 4) is 0 Å². The first-order valence-electron chi connectivity index (χ1n) is 5.96. The second kappa shape index (κ2) is 4.69. The van der Waals surface area contributed by atoms with Crippen LogP contribution in [0.3, 0.4) is 0 Å². The van der Waals surface area contributed by atoms with Crippen LogP contribution in [0.5, 0.6) is 0 Å². The van der Waals surface area contributed by atoms with Crippen molar-refractivity contribution >= 4 is 23.3 Å². The maximum Gasteiger partial charge on any atom is 0.266 e. The van der Waals surface area contributed by atoms with E-state index in [0.717, 1.165) is 5.56 Å². The summed E-state index contributed by atoms with van der Waals surface area (Å²) in [6, 6.07) is 4.17. The van der Waals surface area contributed by atoms with Crippen LogP contribution in [0.2, 0.25) is 0 Å². The van der Waals surface area contributed by atoms with Gasteiger partial charge in [0.15, 0.2) is 0 Å². The van der Waals surface area contributed by atoms with Crippen molar-refractivity contribution < 1.29 is 9.53 Å². The van der Waals surface area contributed by atoms with Crippen LogP contribution in [0.15, 0.2) is 12.1 Å². The fourth-order valence-electron chi connectivity index (χ4n) is 2.70. The minimum atomic E-state index is -0.0874. The van der Waals surface area contributed by atoms with Gasteiger partial charge in [-0.2, -0.15) is 0 Å². The maximum absolute atomic E-state index is 11.7. The van der Waals surface area contributed by atoms with E-state index in [-0.39, 0.29) is 17.1 Å². The molecule has 1 aromatic rings. The molecular formula is C14H17NO2S. The Morgan fingerprint density at radius 2 is 1.89 bits per heavy atom. The first kappa shape index (κ1) is 13.0. The summed E-state index contributed by atoms with van der Waals surface area (Å²) in [5.41, 5.74) is 4.73. The lowest BCUT2D eigenvalue weighted by molar-refractivity contribution is -0.126. The normalized spacial score (nSPS) is 19.0. The van der Waals surface area contributed by atoms with Gasteiger partial charge < -0.3 is 4.74 Å². The van der Waals surface area contributed by atoms with E-state index in [4.69, 9.17) is 17.0 Å². The fourth-order valence-corrected chi connectivity index (χ4v) is 3.02. The predicted molar refractivity (Wildman–Crippen MR) is 74.5 cm³/mol. The highest BCUT2D eigenvalue weighted by atomic mass is 32.1. The van der Waals surface area contributed by atoms with E-state index in [1.54, 1.807) is 4.90 Å². The molecule has 0 N–H and O–H groups in total. The summed E-state index contributed by atoms with van der Waals surface area (Å²) in [6.45, 7) is 8.17. The number of thiocarbonyl (C=S) groups is 1. The van der Waals surface area contributed by atoms with Gasteiger partial charge in [-0.1, -0.05) is 17.7 Å². The first-order chi connectivity index (χ1) is 8.41. The molecule has 0 spiro atoms. The molecule has 1 heterocycles. The summed E-state index contributed by atoms with van der Waals surface area (Å²) in [4.78, 5) is 13.3. The molecule has 0 unspecified atom stereocenters. The molecule has 0 aromatic heterocycles. The van der Waals surface area contributed by atoms with Gasteiger partial charge in [0.2, 0.25) is 5.91 Å². The number of hydrogen-bond acceptors (Lipinski definition) is 3. The van der Waals surface area contributed by atoms with E-state index in [2.05, 4.69) is 32.9 Å². The van der Waals surface area contributed by atoms with Crippen molar-refractivity contribution in [2.24, 2.45) is 0 Å².